The molecule has 0 aliphatic heterocycles. The average molecular weight is 565 g/mol. The Balaban J connectivity index is 2.00. The first-order chi connectivity index (χ1) is 18.1. The number of carbonyl (C=O) groups is 1. The average Bonchev–Trinajstić information content (AvgIpc) is 3.19. The zero-order valence-corrected chi connectivity index (χ0v) is 23.2. The Morgan fingerprint density at radius 1 is 1.16 bits per heavy atom. The highest BCUT2D eigenvalue weighted by molar-refractivity contribution is 7.99. The van der Waals surface area contributed by atoms with E-state index in [4.69, 9.17) is 4.74 Å². The van der Waals surface area contributed by atoms with Crippen molar-refractivity contribution in [3.8, 4) is 11.1 Å². The lowest BCUT2D eigenvalue weighted by Gasteiger charge is -2.13. The number of aromatic nitrogens is 2. The van der Waals surface area contributed by atoms with Gasteiger partial charge in [-0.3, -0.25) is 0 Å². The molecule has 0 saturated carbocycles. The molecule has 0 spiro atoms. The van der Waals surface area contributed by atoms with Crippen molar-refractivity contribution in [1.29, 1.82) is 0 Å². The first-order valence-electron chi connectivity index (χ1n) is 11.9. The molecule has 8 nitrogen and oxygen atoms in total. The van der Waals surface area contributed by atoms with Gasteiger partial charge < -0.3 is 14.2 Å². The Morgan fingerprint density at radius 3 is 2.45 bits per heavy atom. The Morgan fingerprint density at radius 2 is 1.84 bits per heavy atom. The second-order valence-corrected chi connectivity index (χ2v) is 11.0. The minimum atomic E-state index is -3.93. The van der Waals surface area contributed by atoms with Crippen LogP contribution in [0, 0.1) is 0 Å². The number of ether oxygens (including phenoxy) is 1. The van der Waals surface area contributed by atoms with Crippen molar-refractivity contribution in [3.05, 3.63) is 65.6 Å². The summed E-state index contributed by atoms with van der Waals surface area (Å²) in [5.74, 6) is -2.93. The SMILES string of the molecule is CCCc1nc(SC(F)F)c(C(=O)OCC)n1Cc1ccc(-c2ccccc2S(=O)(=O)/N=C/N(C)C)cc1. The molecule has 0 unspecified atom stereocenters. The minimum Gasteiger partial charge on any atom is -0.461 e. The number of esters is 1. The third-order valence-electron chi connectivity index (χ3n) is 5.35. The number of sulfonamides is 1. The van der Waals surface area contributed by atoms with Gasteiger partial charge in [0.25, 0.3) is 15.8 Å². The van der Waals surface area contributed by atoms with E-state index in [1.54, 1.807) is 68.1 Å². The quantitative estimate of drug-likeness (QED) is 0.127. The largest absolute Gasteiger partial charge is 0.461 e. The number of rotatable bonds is 12. The Labute approximate surface area is 225 Å². The lowest BCUT2D eigenvalue weighted by atomic mass is 10.0. The van der Waals surface area contributed by atoms with E-state index in [-0.39, 0.29) is 40.5 Å². The zero-order chi connectivity index (χ0) is 27.9. The number of hydrogen-bond donors (Lipinski definition) is 0. The van der Waals surface area contributed by atoms with E-state index in [2.05, 4.69) is 9.38 Å². The van der Waals surface area contributed by atoms with Crippen molar-refractivity contribution >= 4 is 34.1 Å². The van der Waals surface area contributed by atoms with Crippen molar-refractivity contribution in [1.82, 2.24) is 14.5 Å². The van der Waals surface area contributed by atoms with Gasteiger partial charge in [-0.25, -0.2) is 9.78 Å². The fraction of sp³-hybridized carbons (Fsp3) is 0.346. The van der Waals surface area contributed by atoms with Crippen LogP contribution in [0.15, 0.2) is 62.9 Å². The summed E-state index contributed by atoms with van der Waals surface area (Å²) in [4.78, 5) is 18.7. The summed E-state index contributed by atoms with van der Waals surface area (Å²) in [5.41, 5.74) is 1.92. The highest BCUT2D eigenvalue weighted by atomic mass is 32.2. The van der Waals surface area contributed by atoms with E-state index in [1.165, 1.54) is 17.3 Å². The molecule has 0 fully saturated rings. The third kappa shape index (κ3) is 7.19. The first kappa shape index (κ1) is 29.3. The van der Waals surface area contributed by atoms with E-state index in [1.807, 2.05) is 6.92 Å². The van der Waals surface area contributed by atoms with Gasteiger partial charge in [-0.15, -0.1) is 4.40 Å². The van der Waals surface area contributed by atoms with Crippen LogP contribution in [-0.2, 0) is 27.7 Å². The van der Waals surface area contributed by atoms with Crippen LogP contribution in [0.25, 0.3) is 11.1 Å². The van der Waals surface area contributed by atoms with Gasteiger partial charge in [0, 0.05) is 32.6 Å². The standard InChI is InChI=1S/C26H30F2N4O4S2/c1-5-9-22-30-24(37-26(27)28)23(25(33)36-6-2)32(22)16-18-12-14-19(15-13-18)20-10-7-8-11-21(20)38(34,35)29-17-31(3)4/h7-8,10-15,17,26H,5-6,9,16H2,1-4H3/b29-17+. The number of aryl methyl sites for hydroxylation is 1. The van der Waals surface area contributed by atoms with Gasteiger partial charge in [0.15, 0.2) is 5.69 Å². The predicted octanol–water partition coefficient (Wildman–Crippen LogP) is 5.32. The van der Waals surface area contributed by atoms with Crippen molar-refractivity contribution in [3.63, 3.8) is 0 Å². The fourth-order valence-electron chi connectivity index (χ4n) is 3.74. The van der Waals surface area contributed by atoms with Crippen LogP contribution >= 0.6 is 11.8 Å². The van der Waals surface area contributed by atoms with E-state index in [0.29, 0.717) is 29.8 Å². The van der Waals surface area contributed by atoms with E-state index in [0.717, 1.165) is 5.56 Å². The molecule has 0 aliphatic rings. The highest BCUT2D eigenvalue weighted by Gasteiger charge is 2.27. The monoisotopic (exact) mass is 564 g/mol. The molecule has 0 atom stereocenters. The van der Waals surface area contributed by atoms with Gasteiger partial charge in [-0.2, -0.15) is 17.2 Å². The number of thioether (sulfide) groups is 1. The topological polar surface area (TPSA) is 93.9 Å². The predicted molar refractivity (Wildman–Crippen MR) is 144 cm³/mol. The number of carbonyl (C=O) groups excluding carboxylic acids is 1. The Bertz CT molecular complexity index is 1390. The number of alkyl halides is 2. The molecule has 3 rings (SSSR count). The smallest absolute Gasteiger partial charge is 0.357 e. The van der Waals surface area contributed by atoms with Crippen molar-refractivity contribution < 1.29 is 26.7 Å². The number of benzene rings is 2. The molecule has 38 heavy (non-hydrogen) atoms. The van der Waals surface area contributed by atoms with Gasteiger partial charge in [0.1, 0.15) is 17.2 Å². The summed E-state index contributed by atoms with van der Waals surface area (Å²) in [6, 6.07) is 13.7. The molecule has 0 bridgehead atoms. The molecule has 0 aliphatic carbocycles. The molecule has 12 heteroatoms. The van der Waals surface area contributed by atoms with Crippen LogP contribution in [0.2, 0.25) is 0 Å². The molecule has 204 valence electrons. The summed E-state index contributed by atoms with van der Waals surface area (Å²) in [6.45, 7) is 3.88. The Hall–Kier alpha value is -3.25. The molecular formula is C26H30F2N4O4S2. The Kier molecular flexibility index (Phi) is 10.0. The van der Waals surface area contributed by atoms with Crippen LogP contribution in [0.5, 0.6) is 0 Å². The molecule has 0 N–H and O–H groups in total. The molecule has 3 aromatic rings. The lowest BCUT2D eigenvalue weighted by Crippen LogP contribution is -2.16. The van der Waals surface area contributed by atoms with Crippen molar-refractivity contribution in [2.75, 3.05) is 20.7 Å². The van der Waals surface area contributed by atoms with Gasteiger partial charge >= 0.3 is 5.97 Å². The number of nitrogens with zero attached hydrogens (tertiary/aromatic N) is 4. The van der Waals surface area contributed by atoms with Gasteiger partial charge in [-0.05, 0) is 42.3 Å². The first-order valence-corrected chi connectivity index (χ1v) is 14.3. The van der Waals surface area contributed by atoms with Crippen molar-refractivity contribution in [2.24, 2.45) is 4.40 Å². The number of imidazole rings is 1. The molecule has 1 heterocycles. The summed E-state index contributed by atoms with van der Waals surface area (Å²) < 4.78 is 62.6. The van der Waals surface area contributed by atoms with E-state index in [9.17, 15) is 22.0 Å². The van der Waals surface area contributed by atoms with Crippen molar-refractivity contribution in [2.45, 2.75) is 48.9 Å². The number of hydrogen-bond acceptors (Lipinski definition) is 6. The summed E-state index contributed by atoms with van der Waals surface area (Å²) in [7, 11) is -0.574. The minimum absolute atomic E-state index is 0.000121. The summed E-state index contributed by atoms with van der Waals surface area (Å²) >= 11 is 0.222. The highest BCUT2D eigenvalue weighted by Crippen LogP contribution is 2.32. The maximum absolute atomic E-state index is 13.2. The zero-order valence-electron chi connectivity index (χ0n) is 21.6. The third-order valence-corrected chi connectivity index (χ3v) is 7.31. The fourth-order valence-corrected chi connectivity index (χ4v) is 5.51. The van der Waals surface area contributed by atoms with Gasteiger partial charge in [0.2, 0.25) is 0 Å². The van der Waals surface area contributed by atoms with Gasteiger partial charge in [0.05, 0.1) is 11.5 Å². The molecule has 0 saturated heterocycles. The van der Waals surface area contributed by atoms with Crippen LogP contribution in [-0.4, -0.2) is 61.6 Å². The molecule has 2 aromatic carbocycles. The second-order valence-electron chi connectivity index (χ2n) is 8.47. The summed E-state index contributed by atoms with van der Waals surface area (Å²) in [5, 5.41) is -0.0593. The summed E-state index contributed by atoms with van der Waals surface area (Å²) in [6.07, 6.45) is 2.43. The van der Waals surface area contributed by atoms with Crippen LogP contribution in [0.4, 0.5) is 8.78 Å². The molecule has 0 radical (unpaired) electrons. The maximum Gasteiger partial charge on any atom is 0.357 e. The van der Waals surface area contributed by atoms with Crippen LogP contribution < -0.4 is 0 Å². The molecule has 0 amide bonds. The van der Waals surface area contributed by atoms with Crippen LogP contribution in [0.3, 0.4) is 0 Å². The normalized spacial score (nSPS) is 11.9. The van der Waals surface area contributed by atoms with Crippen LogP contribution in [0.1, 0.15) is 42.1 Å². The lowest BCUT2D eigenvalue weighted by molar-refractivity contribution is 0.0509. The molecular weight excluding hydrogens is 534 g/mol. The molecule has 1 aromatic heterocycles. The maximum atomic E-state index is 13.2. The van der Waals surface area contributed by atoms with Gasteiger partial charge in [-0.1, -0.05) is 49.4 Å². The second kappa shape index (κ2) is 13.0. The van der Waals surface area contributed by atoms with E-state index >= 15 is 0 Å². The number of halogens is 2. The van der Waals surface area contributed by atoms with E-state index < -0.39 is 21.8 Å².